The quantitative estimate of drug-likeness (QED) is 0.626. The van der Waals surface area contributed by atoms with Gasteiger partial charge >= 0.3 is 0 Å². The van der Waals surface area contributed by atoms with Crippen molar-refractivity contribution in [2.24, 2.45) is 0 Å². The molecule has 3 aromatic heterocycles. The molecule has 0 saturated heterocycles. The van der Waals surface area contributed by atoms with Gasteiger partial charge in [-0.05, 0) is 6.92 Å². The molecule has 7 nitrogen and oxygen atoms in total. The number of aromatic nitrogens is 6. The smallest absolute Gasteiger partial charge is 0.207 e. The first-order valence-corrected chi connectivity index (χ1v) is 4.71. The molecule has 0 unspecified atom stereocenters. The minimum atomic E-state index is 0.362. The van der Waals surface area contributed by atoms with Gasteiger partial charge in [0.15, 0.2) is 5.65 Å². The van der Waals surface area contributed by atoms with Crippen LogP contribution in [0, 0.1) is 6.92 Å². The molecule has 80 valence electrons. The molecule has 0 aliphatic rings. The van der Waals surface area contributed by atoms with Crippen molar-refractivity contribution in [1.29, 1.82) is 0 Å². The van der Waals surface area contributed by atoms with Crippen LogP contribution in [0.5, 0.6) is 0 Å². The molecule has 0 bridgehead atoms. The van der Waals surface area contributed by atoms with E-state index in [1.165, 1.54) is 6.33 Å². The highest BCUT2D eigenvalue weighted by molar-refractivity contribution is 5.59. The fourth-order valence-electron chi connectivity index (χ4n) is 1.56. The van der Waals surface area contributed by atoms with Crippen LogP contribution >= 0.6 is 0 Å². The van der Waals surface area contributed by atoms with Crippen LogP contribution in [0.25, 0.3) is 11.3 Å². The van der Waals surface area contributed by atoms with E-state index in [1.807, 2.05) is 17.7 Å². The van der Waals surface area contributed by atoms with E-state index in [1.54, 1.807) is 16.9 Å². The summed E-state index contributed by atoms with van der Waals surface area (Å²) in [5, 5.41) is 7.82. The summed E-state index contributed by atoms with van der Waals surface area (Å²) in [4.78, 5) is 8.23. The molecule has 0 aliphatic carbocycles. The van der Waals surface area contributed by atoms with Crippen LogP contribution in [-0.2, 0) is 0 Å². The molecule has 3 rings (SSSR count). The molecule has 0 amide bonds. The molecule has 0 aliphatic heterocycles. The predicted octanol–water partition coefficient (Wildman–Crippen LogP) is 0.201. The number of fused-ring (bicyclic) bond motifs is 1. The third-order valence-electron chi connectivity index (χ3n) is 2.33. The molecule has 3 heterocycles. The summed E-state index contributed by atoms with van der Waals surface area (Å²) in [5.74, 6) is 0.362. The standard InChI is InChI=1S/C9H9N7/c1-6-3-15(4-12-6)7-2-11-9(10)16-5-13-14-8(7)16/h2-5H,1H3,(H2,10,11). The van der Waals surface area contributed by atoms with Gasteiger partial charge in [0.05, 0.1) is 18.2 Å². The fraction of sp³-hybridized carbons (Fsp3) is 0.111. The number of nitrogens with zero attached hydrogens (tertiary/aromatic N) is 6. The predicted molar refractivity (Wildman–Crippen MR) is 57.1 cm³/mol. The highest BCUT2D eigenvalue weighted by Gasteiger charge is 2.08. The monoisotopic (exact) mass is 215 g/mol. The summed E-state index contributed by atoms with van der Waals surface area (Å²) >= 11 is 0. The second-order valence-electron chi connectivity index (χ2n) is 3.45. The first-order valence-electron chi connectivity index (χ1n) is 4.71. The lowest BCUT2D eigenvalue weighted by Crippen LogP contribution is -2.03. The minimum Gasteiger partial charge on any atom is -0.369 e. The van der Waals surface area contributed by atoms with E-state index in [0.29, 0.717) is 11.6 Å². The Bertz CT molecular complexity index is 651. The molecule has 16 heavy (non-hydrogen) atoms. The van der Waals surface area contributed by atoms with E-state index in [9.17, 15) is 0 Å². The van der Waals surface area contributed by atoms with Crippen LogP contribution in [-0.4, -0.2) is 29.1 Å². The first-order chi connectivity index (χ1) is 7.75. The van der Waals surface area contributed by atoms with Gasteiger partial charge in [0.25, 0.3) is 0 Å². The molecule has 0 saturated carbocycles. The lowest BCUT2D eigenvalue weighted by molar-refractivity contribution is 1.00. The number of hydrogen-bond donors (Lipinski definition) is 1. The molecular weight excluding hydrogens is 206 g/mol. The van der Waals surface area contributed by atoms with Crippen molar-refractivity contribution in [3.8, 4) is 5.69 Å². The van der Waals surface area contributed by atoms with Crippen molar-refractivity contribution in [3.05, 3.63) is 30.7 Å². The second-order valence-corrected chi connectivity index (χ2v) is 3.45. The number of nitrogens with two attached hydrogens (primary N) is 1. The van der Waals surface area contributed by atoms with Gasteiger partial charge in [-0.1, -0.05) is 0 Å². The van der Waals surface area contributed by atoms with Gasteiger partial charge in [0.2, 0.25) is 5.95 Å². The van der Waals surface area contributed by atoms with Crippen LogP contribution in [0.15, 0.2) is 25.0 Å². The SMILES string of the molecule is Cc1cn(-c2cnc(N)n3cnnc23)cn1. The maximum absolute atomic E-state index is 5.70. The normalized spacial score (nSPS) is 11.1. The maximum Gasteiger partial charge on any atom is 0.207 e. The number of hydrogen-bond acceptors (Lipinski definition) is 5. The summed E-state index contributed by atoms with van der Waals surface area (Å²) < 4.78 is 3.47. The Hall–Kier alpha value is -2.44. The van der Waals surface area contributed by atoms with Crippen molar-refractivity contribution in [3.63, 3.8) is 0 Å². The summed E-state index contributed by atoms with van der Waals surface area (Å²) in [7, 11) is 0. The van der Waals surface area contributed by atoms with Gasteiger partial charge in [-0.25, -0.2) is 14.4 Å². The molecule has 7 heteroatoms. The minimum absolute atomic E-state index is 0.362. The Labute approximate surface area is 90.6 Å². The number of aryl methyl sites for hydroxylation is 1. The van der Waals surface area contributed by atoms with E-state index >= 15 is 0 Å². The number of imidazole rings is 1. The molecule has 0 radical (unpaired) electrons. The first kappa shape index (κ1) is 8.84. The van der Waals surface area contributed by atoms with Crippen molar-refractivity contribution < 1.29 is 0 Å². The zero-order valence-corrected chi connectivity index (χ0v) is 8.57. The van der Waals surface area contributed by atoms with Crippen LogP contribution in [0.4, 0.5) is 5.95 Å². The Morgan fingerprint density at radius 1 is 1.25 bits per heavy atom. The van der Waals surface area contributed by atoms with Crippen LogP contribution in [0.1, 0.15) is 5.69 Å². The van der Waals surface area contributed by atoms with Crippen LogP contribution < -0.4 is 5.73 Å². The fourth-order valence-corrected chi connectivity index (χ4v) is 1.56. The van der Waals surface area contributed by atoms with Gasteiger partial charge < -0.3 is 10.3 Å². The van der Waals surface area contributed by atoms with Gasteiger partial charge in [-0.3, -0.25) is 0 Å². The Morgan fingerprint density at radius 3 is 2.88 bits per heavy atom. The highest BCUT2D eigenvalue weighted by Crippen LogP contribution is 2.14. The summed E-state index contributed by atoms with van der Waals surface area (Å²) in [5.41, 5.74) is 8.08. The van der Waals surface area contributed by atoms with Crippen molar-refractivity contribution in [1.82, 2.24) is 29.1 Å². The number of anilines is 1. The molecule has 0 spiro atoms. The van der Waals surface area contributed by atoms with E-state index < -0.39 is 0 Å². The Balaban J connectivity index is 2.32. The molecule has 0 fully saturated rings. The average molecular weight is 215 g/mol. The number of nitrogen functional groups attached to an aromatic ring is 1. The molecule has 0 atom stereocenters. The van der Waals surface area contributed by atoms with E-state index in [-0.39, 0.29) is 0 Å². The topological polar surface area (TPSA) is 86.9 Å². The average Bonchev–Trinajstić information content (AvgIpc) is 2.87. The molecule has 0 aromatic carbocycles. The van der Waals surface area contributed by atoms with Gasteiger partial charge in [-0.15, -0.1) is 10.2 Å². The van der Waals surface area contributed by atoms with E-state index in [4.69, 9.17) is 5.73 Å². The number of rotatable bonds is 1. The van der Waals surface area contributed by atoms with Crippen LogP contribution in [0.3, 0.4) is 0 Å². The maximum atomic E-state index is 5.70. The van der Waals surface area contributed by atoms with Crippen LogP contribution in [0.2, 0.25) is 0 Å². The van der Waals surface area contributed by atoms with Gasteiger partial charge in [0, 0.05) is 6.20 Å². The summed E-state index contributed by atoms with van der Waals surface area (Å²) in [6.45, 7) is 1.92. The zero-order valence-electron chi connectivity index (χ0n) is 8.57. The highest BCUT2D eigenvalue weighted by atomic mass is 15.3. The lowest BCUT2D eigenvalue weighted by Gasteiger charge is -2.04. The van der Waals surface area contributed by atoms with Crippen molar-refractivity contribution in [2.45, 2.75) is 6.92 Å². The molecular formula is C9H9N7. The van der Waals surface area contributed by atoms with Gasteiger partial charge in [0.1, 0.15) is 12.0 Å². The molecule has 2 N–H and O–H groups in total. The third-order valence-corrected chi connectivity index (χ3v) is 2.33. The van der Waals surface area contributed by atoms with Gasteiger partial charge in [-0.2, -0.15) is 0 Å². The largest absolute Gasteiger partial charge is 0.369 e. The van der Waals surface area contributed by atoms with E-state index in [0.717, 1.165) is 11.4 Å². The Morgan fingerprint density at radius 2 is 2.12 bits per heavy atom. The lowest BCUT2D eigenvalue weighted by atomic mass is 10.4. The zero-order chi connectivity index (χ0) is 11.1. The molecule has 3 aromatic rings. The van der Waals surface area contributed by atoms with E-state index in [2.05, 4.69) is 20.2 Å². The second kappa shape index (κ2) is 3.02. The Kier molecular flexibility index (Phi) is 1.67. The summed E-state index contributed by atoms with van der Waals surface area (Å²) in [6.07, 6.45) is 6.78. The third kappa shape index (κ3) is 1.14. The van der Waals surface area contributed by atoms with Crippen molar-refractivity contribution in [2.75, 3.05) is 5.73 Å². The van der Waals surface area contributed by atoms with Crippen molar-refractivity contribution >= 4 is 11.6 Å². The summed E-state index contributed by atoms with van der Waals surface area (Å²) in [6, 6.07) is 0.